The number of carbonyl (C=O) groups excluding carboxylic acids is 1. The predicted octanol–water partition coefficient (Wildman–Crippen LogP) is 3.81. The topological polar surface area (TPSA) is 90.1 Å². The Morgan fingerprint density at radius 1 is 1.31 bits per heavy atom. The highest BCUT2D eigenvalue weighted by molar-refractivity contribution is 9.10. The molecule has 0 saturated carbocycles. The lowest BCUT2D eigenvalue weighted by Crippen LogP contribution is -2.30. The van der Waals surface area contributed by atoms with Crippen molar-refractivity contribution >= 4 is 49.1 Å². The molecule has 3 aromatic rings. The van der Waals surface area contributed by atoms with Gasteiger partial charge in [-0.25, -0.2) is 0 Å². The summed E-state index contributed by atoms with van der Waals surface area (Å²) in [6.07, 6.45) is 2.03. The van der Waals surface area contributed by atoms with E-state index >= 15 is 0 Å². The minimum absolute atomic E-state index is 0.191. The smallest absolute Gasteiger partial charge is 0.270 e. The van der Waals surface area contributed by atoms with Gasteiger partial charge in [0.15, 0.2) is 11.5 Å². The molecule has 1 aromatic carbocycles. The van der Waals surface area contributed by atoms with Gasteiger partial charge in [0.2, 0.25) is 0 Å². The Labute approximate surface area is 162 Å². The van der Waals surface area contributed by atoms with Crippen molar-refractivity contribution in [2.24, 2.45) is 5.73 Å². The fraction of sp³-hybridized carbons (Fsp3) is 0.278. The van der Waals surface area contributed by atoms with Gasteiger partial charge in [0.1, 0.15) is 0 Å². The first kappa shape index (κ1) is 17.4. The molecule has 4 rings (SSSR count). The van der Waals surface area contributed by atoms with E-state index in [9.17, 15) is 4.79 Å². The first-order valence-corrected chi connectivity index (χ1v) is 9.93. The number of carbonyl (C=O) groups is 1. The van der Waals surface area contributed by atoms with Crippen LogP contribution < -0.4 is 11.1 Å². The van der Waals surface area contributed by atoms with Crippen molar-refractivity contribution < 1.29 is 9.53 Å². The molecule has 134 valence electrons. The van der Waals surface area contributed by atoms with Crippen molar-refractivity contribution in [2.75, 3.05) is 18.5 Å². The van der Waals surface area contributed by atoms with Crippen LogP contribution >= 0.6 is 27.3 Å². The zero-order valence-electron chi connectivity index (χ0n) is 13.9. The number of hydrogen-bond acceptors (Lipinski definition) is 6. The molecule has 0 aliphatic carbocycles. The van der Waals surface area contributed by atoms with Gasteiger partial charge in [0, 0.05) is 21.3 Å². The SMILES string of the molecule is NC(=O)c1nnc(NC2CCCOC2)c2cc(-c3ccc(Br)cc3)sc12. The summed E-state index contributed by atoms with van der Waals surface area (Å²) in [4.78, 5) is 12.8. The molecule has 0 spiro atoms. The number of nitrogens with two attached hydrogens (primary N) is 1. The molecule has 3 N–H and O–H groups in total. The standard InChI is InChI=1S/C18H17BrN4O2S/c19-11-5-3-10(4-6-11)14-8-13-16(26-14)15(17(20)24)22-23-18(13)21-12-2-1-7-25-9-12/h3-6,8,12H,1-2,7,9H2,(H2,20,24)(H,21,23). The van der Waals surface area contributed by atoms with Crippen molar-refractivity contribution in [3.05, 3.63) is 40.5 Å². The molecule has 1 fully saturated rings. The number of hydrogen-bond donors (Lipinski definition) is 2. The molecule has 1 amide bonds. The van der Waals surface area contributed by atoms with Gasteiger partial charge in [0.25, 0.3) is 5.91 Å². The first-order valence-electron chi connectivity index (χ1n) is 8.32. The Morgan fingerprint density at radius 3 is 2.81 bits per heavy atom. The van der Waals surface area contributed by atoms with Gasteiger partial charge in [0.05, 0.1) is 17.3 Å². The third-order valence-corrected chi connectivity index (χ3v) is 6.04. The van der Waals surface area contributed by atoms with Gasteiger partial charge in [-0.1, -0.05) is 28.1 Å². The van der Waals surface area contributed by atoms with Crippen molar-refractivity contribution in [3.8, 4) is 10.4 Å². The molecule has 26 heavy (non-hydrogen) atoms. The van der Waals surface area contributed by atoms with Gasteiger partial charge in [-0.05, 0) is 36.6 Å². The lowest BCUT2D eigenvalue weighted by atomic mass is 10.1. The molecular formula is C18H17BrN4O2S. The second-order valence-corrected chi connectivity index (χ2v) is 8.15. The van der Waals surface area contributed by atoms with Crippen LogP contribution in [0.1, 0.15) is 23.3 Å². The molecule has 8 heteroatoms. The monoisotopic (exact) mass is 432 g/mol. The van der Waals surface area contributed by atoms with Crippen LogP contribution in [0.25, 0.3) is 20.5 Å². The summed E-state index contributed by atoms with van der Waals surface area (Å²) in [6, 6.07) is 10.3. The van der Waals surface area contributed by atoms with Crippen LogP contribution in [0.2, 0.25) is 0 Å². The maximum Gasteiger partial charge on any atom is 0.270 e. The summed E-state index contributed by atoms with van der Waals surface area (Å²) in [5.41, 5.74) is 6.77. The van der Waals surface area contributed by atoms with Crippen LogP contribution in [-0.2, 0) is 4.74 Å². The number of nitrogens with zero attached hydrogens (tertiary/aromatic N) is 2. The Morgan fingerprint density at radius 2 is 2.12 bits per heavy atom. The minimum Gasteiger partial charge on any atom is -0.379 e. The summed E-state index contributed by atoms with van der Waals surface area (Å²) in [5, 5.41) is 12.6. The number of amides is 1. The summed E-state index contributed by atoms with van der Waals surface area (Å²) in [5.74, 6) is 0.0966. The van der Waals surface area contributed by atoms with E-state index in [1.54, 1.807) is 0 Å². The maximum absolute atomic E-state index is 11.8. The molecule has 1 aliphatic rings. The number of thiophene rings is 1. The van der Waals surface area contributed by atoms with Gasteiger partial charge >= 0.3 is 0 Å². The van der Waals surface area contributed by atoms with Gasteiger partial charge in [-0.15, -0.1) is 21.5 Å². The molecule has 2 aromatic heterocycles. The Balaban J connectivity index is 1.78. The lowest BCUT2D eigenvalue weighted by Gasteiger charge is -2.23. The van der Waals surface area contributed by atoms with E-state index in [0.717, 1.165) is 44.4 Å². The third kappa shape index (κ3) is 3.44. The van der Waals surface area contributed by atoms with Crippen LogP contribution in [0.5, 0.6) is 0 Å². The third-order valence-electron chi connectivity index (χ3n) is 4.32. The zero-order chi connectivity index (χ0) is 18.1. The molecule has 0 bridgehead atoms. The van der Waals surface area contributed by atoms with Crippen molar-refractivity contribution in [3.63, 3.8) is 0 Å². The number of anilines is 1. The van der Waals surface area contributed by atoms with Crippen LogP contribution in [0.3, 0.4) is 0 Å². The fourth-order valence-electron chi connectivity index (χ4n) is 3.01. The molecular weight excluding hydrogens is 416 g/mol. The van der Waals surface area contributed by atoms with E-state index in [0.29, 0.717) is 12.4 Å². The maximum atomic E-state index is 11.8. The number of rotatable bonds is 4. The van der Waals surface area contributed by atoms with Crippen LogP contribution in [0, 0.1) is 0 Å². The highest BCUT2D eigenvalue weighted by Crippen LogP contribution is 2.38. The van der Waals surface area contributed by atoms with E-state index < -0.39 is 5.91 Å². The van der Waals surface area contributed by atoms with Crippen LogP contribution in [0.4, 0.5) is 5.82 Å². The number of primary amides is 1. The van der Waals surface area contributed by atoms with E-state index in [-0.39, 0.29) is 11.7 Å². The number of halogens is 1. The van der Waals surface area contributed by atoms with Crippen LogP contribution in [0.15, 0.2) is 34.8 Å². The number of aromatic nitrogens is 2. The molecule has 1 aliphatic heterocycles. The van der Waals surface area contributed by atoms with Gasteiger partial charge in [-0.2, -0.15) is 0 Å². The zero-order valence-corrected chi connectivity index (χ0v) is 16.3. The van der Waals surface area contributed by atoms with E-state index in [1.807, 2.05) is 30.3 Å². The van der Waals surface area contributed by atoms with Crippen molar-refractivity contribution in [1.82, 2.24) is 10.2 Å². The van der Waals surface area contributed by atoms with E-state index in [4.69, 9.17) is 10.5 Å². The van der Waals surface area contributed by atoms with Crippen molar-refractivity contribution in [1.29, 1.82) is 0 Å². The summed E-state index contributed by atoms with van der Waals surface area (Å²) in [6.45, 7) is 1.44. The van der Waals surface area contributed by atoms with E-state index in [1.165, 1.54) is 11.3 Å². The fourth-order valence-corrected chi connectivity index (χ4v) is 4.43. The quantitative estimate of drug-likeness (QED) is 0.653. The average molecular weight is 433 g/mol. The summed E-state index contributed by atoms with van der Waals surface area (Å²) in [7, 11) is 0. The number of ether oxygens (including phenoxy) is 1. The second-order valence-electron chi connectivity index (χ2n) is 6.18. The second kappa shape index (κ2) is 7.30. The Bertz CT molecular complexity index is 952. The van der Waals surface area contributed by atoms with Gasteiger partial charge in [-0.3, -0.25) is 4.79 Å². The highest BCUT2D eigenvalue weighted by Gasteiger charge is 2.20. The Hall–Kier alpha value is -2.03. The first-order chi connectivity index (χ1) is 12.6. The lowest BCUT2D eigenvalue weighted by molar-refractivity contribution is 0.0875. The predicted molar refractivity (Wildman–Crippen MR) is 107 cm³/mol. The minimum atomic E-state index is -0.570. The number of benzene rings is 1. The summed E-state index contributed by atoms with van der Waals surface area (Å²) < 4.78 is 7.30. The molecule has 3 heterocycles. The molecule has 1 saturated heterocycles. The average Bonchev–Trinajstić information content (AvgIpc) is 3.09. The summed E-state index contributed by atoms with van der Waals surface area (Å²) >= 11 is 4.95. The molecule has 6 nitrogen and oxygen atoms in total. The highest BCUT2D eigenvalue weighted by atomic mass is 79.9. The van der Waals surface area contributed by atoms with Crippen LogP contribution in [-0.4, -0.2) is 35.4 Å². The largest absolute Gasteiger partial charge is 0.379 e. The van der Waals surface area contributed by atoms with Gasteiger partial charge < -0.3 is 15.8 Å². The molecule has 1 unspecified atom stereocenters. The number of fused-ring (bicyclic) bond motifs is 1. The molecule has 1 atom stereocenters. The number of nitrogens with one attached hydrogen (secondary N) is 1. The van der Waals surface area contributed by atoms with E-state index in [2.05, 4.69) is 31.4 Å². The van der Waals surface area contributed by atoms with Crippen molar-refractivity contribution in [2.45, 2.75) is 18.9 Å². The molecule has 0 radical (unpaired) electrons. The normalized spacial score (nSPS) is 17.3. The Kier molecular flexibility index (Phi) is 4.88.